The monoisotopic (exact) mass is 243 g/mol. The minimum atomic E-state index is -2.04. The van der Waals surface area contributed by atoms with E-state index in [2.05, 4.69) is 0 Å². The van der Waals surface area contributed by atoms with Gasteiger partial charge in [-0.15, -0.1) is 0 Å². The van der Waals surface area contributed by atoms with E-state index in [1.807, 2.05) is 0 Å². The lowest BCUT2D eigenvalue weighted by Crippen LogP contribution is -2.37. The SMILES string of the molecule is CC(O)(Cc1ccc([N+](=O)[O-])c(F)c1)C(=O)O. The minimum Gasteiger partial charge on any atom is -0.479 e. The van der Waals surface area contributed by atoms with E-state index in [1.165, 1.54) is 6.07 Å². The van der Waals surface area contributed by atoms with Gasteiger partial charge in [-0.3, -0.25) is 10.1 Å². The first-order valence-corrected chi connectivity index (χ1v) is 4.62. The number of carbonyl (C=O) groups is 1. The van der Waals surface area contributed by atoms with Crippen LogP contribution in [0.3, 0.4) is 0 Å². The lowest BCUT2D eigenvalue weighted by atomic mass is 9.96. The lowest BCUT2D eigenvalue weighted by Gasteiger charge is -2.17. The van der Waals surface area contributed by atoms with Crippen molar-refractivity contribution in [2.24, 2.45) is 0 Å². The van der Waals surface area contributed by atoms with E-state index >= 15 is 0 Å². The summed E-state index contributed by atoms with van der Waals surface area (Å²) < 4.78 is 13.2. The summed E-state index contributed by atoms with van der Waals surface area (Å²) in [5, 5.41) is 28.5. The topological polar surface area (TPSA) is 101 Å². The molecule has 1 rings (SSSR count). The summed E-state index contributed by atoms with van der Waals surface area (Å²) in [6.45, 7) is 1.06. The third-order valence-corrected chi connectivity index (χ3v) is 2.22. The highest BCUT2D eigenvalue weighted by Gasteiger charge is 2.30. The molecule has 1 aromatic carbocycles. The number of nitro groups is 1. The van der Waals surface area contributed by atoms with E-state index in [1.54, 1.807) is 0 Å². The number of carboxylic acid groups (broad SMARTS) is 1. The van der Waals surface area contributed by atoms with Crippen LogP contribution in [0.5, 0.6) is 0 Å². The van der Waals surface area contributed by atoms with Crippen molar-refractivity contribution in [3.05, 3.63) is 39.7 Å². The lowest BCUT2D eigenvalue weighted by molar-refractivity contribution is -0.387. The van der Waals surface area contributed by atoms with E-state index < -0.39 is 28.0 Å². The number of nitrogens with zero attached hydrogens (tertiary/aromatic N) is 1. The molecule has 1 aromatic rings. The molecule has 92 valence electrons. The fourth-order valence-electron chi connectivity index (χ4n) is 1.28. The Balaban J connectivity index is 2.99. The maximum absolute atomic E-state index is 13.2. The number of halogens is 1. The molecule has 0 radical (unpaired) electrons. The molecule has 2 N–H and O–H groups in total. The predicted octanol–water partition coefficient (Wildman–Crippen LogP) is 1.11. The minimum absolute atomic E-state index is 0.167. The summed E-state index contributed by atoms with van der Waals surface area (Å²) in [4.78, 5) is 20.1. The van der Waals surface area contributed by atoms with Gasteiger partial charge in [-0.05, 0) is 18.6 Å². The average Bonchev–Trinajstić information content (AvgIpc) is 2.15. The Bertz CT molecular complexity index is 472. The first-order chi connectivity index (χ1) is 7.74. The zero-order chi connectivity index (χ0) is 13.2. The zero-order valence-corrected chi connectivity index (χ0v) is 8.88. The van der Waals surface area contributed by atoms with Gasteiger partial charge >= 0.3 is 11.7 Å². The Labute approximate surface area is 95.5 Å². The van der Waals surface area contributed by atoms with E-state index in [-0.39, 0.29) is 12.0 Å². The van der Waals surface area contributed by atoms with Crippen LogP contribution >= 0.6 is 0 Å². The number of rotatable bonds is 4. The van der Waals surface area contributed by atoms with Crippen molar-refractivity contribution in [1.82, 2.24) is 0 Å². The largest absolute Gasteiger partial charge is 0.479 e. The van der Waals surface area contributed by atoms with Crippen molar-refractivity contribution in [2.75, 3.05) is 0 Å². The van der Waals surface area contributed by atoms with Crippen molar-refractivity contribution in [1.29, 1.82) is 0 Å². The summed E-state index contributed by atoms with van der Waals surface area (Å²) in [6, 6.07) is 2.98. The fourth-order valence-corrected chi connectivity index (χ4v) is 1.28. The van der Waals surface area contributed by atoms with Gasteiger partial charge in [0, 0.05) is 12.5 Å². The van der Waals surface area contributed by atoms with Gasteiger partial charge in [0.25, 0.3) is 0 Å². The molecule has 1 atom stereocenters. The molecule has 0 aliphatic heterocycles. The van der Waals surface area contributed by atoms with Gasteiger partial charge in [0.2, 0.25) is 5.82 Å². The third-order valence-electron chi connectivity index (χ3n) is 2.22. The van der Waals surface area contributed by atoms with Gasteiger partial charge in [-0.25, -0.2) is 4.79 Å². The molecule has 6 nitrogen and oxygen atoms in total. The Morgan fingerprint density at radius 2 is 2.18 bits per heavy atom. The summed E-state index contributed by atoms with van der Waals surface area (Å²) in [5.41, 5.74) is -2.56. The second kappa shape index (κ2) is 4.46. The Morgan fingerprint density at radius 3 is 2.59 bits per heavy atom. The highest BCUT2D eigenvalue weighted by atomic mass is 19.1. The summed E-state index contributed by atoms with van der Waals surface area (Å²) in [7, 11) is 0. The van der Waals surface area contributed by atoms with Crippen LogP contribution in [0.1, 0.15) is 12.5 Å². The van der Waals surface area contributed by atoms with Gasteiger partial charge in [0.1, 0.15) is 0 Å². The van der Waals surface area contributed by atoms with Crippen LogP contribution < -0.4 is 0 Å². The van der Waals surface area contributed by atoms with Crippen molar-refractivity contribution in [3.63, 3.8) is 0 Å². The first kappa shape index (κ1) is 13.0. The summed E-state index contributed by atoms with van der Waals surface area (Å²) >= 11 is 0. The van der Waals surface area contributed by atoms with Crippen LogP contribution in [0.15, 0.2) is 18.2 Å². The van der Waals surface area contributed by atoms with Crippen LogP contribution in [-0.4, -0.2) is 26.7 Å². The third kappa shape index (κ3) is 2.97. The molecule has 0 saturated heterocycles. The van der Waals surface area contributed by atoms with E-state index in [0.717, 1.165) is 19.1 Å². The van der Waals surface area contributed by atoms with E-state index in [4.69, 9.17) is 5.11 Å². The smallest absolute Gasteiger partial charge is 0.335 e. The molecule has 0 fully saturated rings. The van der Waals surface area contributed by atoms with Crippen LogP contribution in [0.4, 0.5) is 10.1 Å². The number of nitro benzene ring substituents is 1. The normalized spacial score (nSPS) is 14.1. The first-order valence-electron chi connectivity index (χ1n) is 4.62. The molecular formula is C10H10FNO5. The van der Waals surface area contributed by atoms with Gasteiger partial charge in [0.05, 0.1) is 4.92 Å². The van der Waals surface area contributed by atoms with Gasteiger partial charge in [0.15, 0.2) is 5.60 Å². The molecule has 0 aliphatic rings. The van der Waals surface area contributed by atoms with Crippen LogP contribution in [0.25, 0.3) is 0 Å². The Morgan fingerprint density at radius 1 is 1.59 bits per heavy atom. The second-order valence-electron chi connectivity index (χ2n) is 3.80. The van der Waals surface area contributed by atoms with Gasteiger partial charge in [-0.2, -0.15) is 4.39 Å². The van der Waals surface area contributed by atoms with Gasteiger partial charge in [-0.1, -0.05) is 6.07 Å². The molecular weight excluding hydrogens is 233 g/mol. The molecule has 0 aromatic heterocycles. The molecule has 0 spiro atoms. The van der Waals surface area contributed by atoms with Crippen molar-refractivity contribution >= 4 is 11.7 Å². The second-order valence-corrected chi connectivity index (χ2v) is 3.80. The maximum Gasteiger partial charge on any atom is 0.335 e. The molecule has 0 saturated carbocycles. The Kier molecular flexibility index (Phi) is 3.42. The molecule has 17 heavy (non-hydrogen) atoms. The van der Waals surface area contributed by atoms with Crippen molar-refractivity contribution in [2.45, 2.75) is 18.9 Å². The number of aliphatic hydroxyl groups is 1. The predicted molar refractivity (Wildman–Crippen MR) is 55.0 cm³/mol. The molecule has 7 heteroatoms. The average molecular weight is 243 g/mol. The molecule has 0 amide bonds. The number of aliphatic carboxylic acids is 1. The highest BCUT2D eigenvalue weighted by Crippen LogP contribution is 2.21. The van der Waals surface area contributed by atoms with E-state index in [9.17, 15) is 24.4 Å². The van der Waals surface area contributed by atoms with Crippen LogP contribution in [0, 0.1) is 15.9 Å². The quantitative estimate of drug-likeness (QED) is 0.609. The van der Waals surface area contributed by atoms with E-state index in [0.29, 0.717) is 0 Å². The Hall–Kier alpha value is -2.02. The number of hydrogen-bond donors (Lipinski definition) is 2. The fraction of sp³-hybridized carbons (Fsp3) is 0.300. The summed E-state index contributed by atoms with van der Waals surface area (Å²) in [6.07, 6.45) is -0.336. The van der Waals surface area contributed by atoms with Gasteiger partial charge < -0.3 is 10.2 Å². The van der Waals surface area contributed by atoms with Crippen LogP contribution in [-0.2, 0) is 11.2 Å². The standard InChI is InChI=1S/C10H10FNO5/c1-10(15,9(13)14)5-6-2-3-8(12(16)17)7(11)4-6/h2-4,15H,5H2,1H3,(H,13,14). The molecule has 0 aliphatic carbocycles. The molecule has 0 bridgehead atoms. The van der Waals surface area contributed by atoms with Crippen LogP contribution in [0.2, 0.25) is 0 Å². The molecule has 0 heterocycles. The number of benzene rings is 1. The zero-order valence-electron chi connectivity index (χ0n) is 8.88. The van der Waals surface area contributed by atoms with Crippen molar-refractivity contribution < 1.29 is 24.3 Å². The number of carboxylic acids is 1. The summed E-state index contributed by atoms with van der Waals surface area (Å²) in [5.74, 6) is -2.51. The molecule has 1 unspecified atom stereocenters. The maximum atomic E-state index is 13.2. The highest BCUT2D eigenvalue weighted by molar-refractivity contribution is 5.76. The van der Waals surface area contributed by atoms with Crippen molar-refractivity contribution in [3.8, 4) is 0 Å². The number of hydrogen-bond acceptors (Lipinski definition) is 4.